The number of hydrogen-bond donors (Lipinski definition) is 3. The molecule has 0 spiro atoms. The van der Waals surface area contributed by atoms with Crippen LogP contribution < -0.4 is 14.8 Å². The van der Waals surface area contributed by atoms with Crippen molar-refractivity contribution in [2.45, 2.75) is 13.0 Å². The van der Waals surface area contributed by atoms with Gasteiger partial charge in [0, 0.05) is 19.5 Å². The first-order valence-corrected chi connectivity index (χ1v) is 6.23. The maximum atomic E-state index is 9.82. The fourth-order valence-electron chi connectivity index (χ4n) is 1.84. The highest BCUT2D eigenvalue weighted by atomic mass is 16.5. The largest absolute Gasteiger partial charge is 0.502 e. The molecule has 0 bridgehead atoms. The van der Waals surface area contributed by atoms with Crippen LogP contribution in [-0.4, -0.2) is 41.1 Å². The van der Waals surface area contributed by atoms with E-state index in [0.717, 1.165) is 24.4 Å². The average molecular weight is 278 g/mol. The third-order valence-electron chi connectivity index (χ3n) is 2.87. The number of benzene rings is 1. The highest BCUT2D eigenvalue weighted by molar-refractivity contribution is 5.52. The van der Waals surface area contributed by atoms with Crippen LogP contribution in [0.3, 0.4) is 0 Å². The first-order chi connectivity index (χ1) is 9.74. The lowest BCUT2D eigenvalue weighted by molar-refractivity contribution is 0.339. The number of H-pyrrole nitrogens is 1. The molecule has 2 aromatic rings. The average Bonchev–Trinajstić information content (AvgIpc) is 2.98. The SMILES string of the molecule is COc1cc(CNCCc2ncn[nH]2)cc(OC)c1O. The number of rotatable bonds is 7. The minimum atomic E-state index is 0.0143. The van der Waals surface area contributed by atoms with Crippen molar-refractivity contribution in [1.82, 2.24) is 20.5 Å². The summed E-state index contributed by atoms with van der Waals surface area (Å²) in [7, 11) is 3.02. The summed E-state index contributed by atoms with van der Waals surface area (Å²) in [4.78, 5) is 4.05. The first kappa shape index (κ1) is 14.1. The van der Waals surface area contributed by atoms with E-state index in [1.165, 1.54) is 20.5 Å². The molecule has 2 rings (SSSR count). The summed E-state index contributed by atoms with van der Waals surface area (Å²) < 4.78 is 10.2. The van der Waals surface area contributed by atoms with Crippen LogP contribution in [0.5, 0.6) is 17.2 Å². The maximum absolute atomic E-state index is 9.82. The first-order valence-electron chi connectivity index (χ1n) is 6.23. The van der Waals surface area contributed by atoms with E-state index in [4.69, 9.17) is 9.47 Å². The standard InChI is InChI=1S/C13H18N4O3/c1-19-10-5-9(6-11(20-2)13(10)18)7-14-4-3-12-15-8-16-17-12/h5-6,8,14,18H,3-4,7H2,1-2H3,(H,15,16,17). The Kier molecular flexibility index (Phi) is 4.78. The molecule has 7 nitrogen and oxygen atoms in total. The zero-order valence-corrected chi connectivity index (χ0v) is 11.5. The van der Waals surface area contributed by atoms with Gasteiger partial charge in [-0.2, -0.15) is 5.10 Å². The van der Waals surface area contributed by atoms with Crippen LogP contribution in [0.15, 0.2) is 18.5 Å². The molecule has 0 unspecified atom stereocenters. The van der Waals surface area contributed by atoms with Crippen molar-refractivity contribution < 1.29 is 14.6 Å². The Hall–Kier alpha value is -2.28. The second kappa shape index (κ2) is 6.76. The van der Waals surface area contributed by atoms with Gasteiger partial charge in [-0.05, 0) is 17.7 Å². The van der Waals surface area contributed by atoms with E-state index in [9.17, 15) is 5.11 Å². The van der Waals surface area contributed by atoms with Crippen molar-refractivity contribution in [2.75, 3.05) is 20.8 Å². The summed E-state index contributed by atoms with van der Waals surface area (Å²) in [6.45, 7) is 1.40. The van der Waals surface area contributed by atoms with E-state index in [-0.39, 0.29) is 5.75 Å². The zero-order chi connectivity index (χ0) is 14.4. The molecular formula is C13H18N4O3. The number of nitrogens with zero attached hydrogens (tertiary/aromatic N) is 2. The Labute approximate surface area is 117 Å². The van der Waals surface area contributed by atoms with E-state index in [1.807, 2.05) is 0 Å². The van der Waals surface area contributed by atoms with Crippen LogP contribution >= 0.6 is 0 Å². The summed E-state index contributed by atoms with van der Waals surface area (Å²) in [5.41, 5.74) is 0.967. The summed E-state index contributed by atoms with van der Waals surface area (Å²) in [6.07, 6.45) is 2.26. The number of phenols is 1. The van der Waals surface area contributed by atoms with Gasteiger partial charge in [0.15, 0.2) is 11.5 Å². The van der Waals surface area contributed by atoms with Gasteiger partial charge in [-0.15, -0.1) is 0 Å². The quantitative estimate of drug-likeness (QED) is 0.651. The second-order valence-corrected chi connectivity index (χ2v) is 4.21. The van der Waals surface area contributed by atoms with E-state index in [0.29, 0.717) is 18.0 Å². The monoisotopic (exact) mass is 278 g/mol. The van der Waals surface area contributed by atoms with Gasteiger partial charge in [0.05, 0.1) is 14.2 Å². The van der Waals surface area contributed by atoms with Gasteiger partial charge >= 0.3 is 0 Å². The minimum absolute atomic E-state index is 0.0143. The summed E-state index contributed by atoms with van der Waals surface area (Å²) in [6, 6.07) is 3.55. The van der Waals surface area contributed by atoms with Crippen LogP contribution in [0, 0.1) is 0 Å². The third-order valence-corrected chi connectivity index (χ3v) is 2.87. The number of aromatic nitrogens is 3. The Bertz CT molecular complexity index is 518. The van der Waals surface area contributed by atoms with Gasteiger partial charge in [0.1, 0.15) is 12.2 Å². The van der Waals surface area contributed by atoms with Crippen molar-refractivity contribution in [3.8, 4) is 17.2 Å². The van der Waals surface area contributed by atoms with Crippen molar-refractivity contribution in [2.24, 2.45) is 0 Å². The molecule has 7 heteroatoms. The molecule has 0 aliphatic rings. The van der Waals surface area contributed by atoms with Gasteiger partial charge in [-0.25, -0.2) is 4.98 Å². The predicted molar refractivity (Wildman–Crippen MR) is 73.0 cm³/mol. The van der Waals surface area contributed by atoms with E-state index in [1.54, 1.807) is 12.1 Å². The molecule has 0 aliphatic carbocycles. The summed E-state index contributed by atoms with van der Waals surface area (Å²) in [5, 5.41) is 19.7. The Morgan fingerprint density at radius 1 is 1.25 bits per heavy atom. The van der Waals surface area contributed by atoms with E-state index >= 15 is 0 Å². The molecule has 108 valence electrons. The van der Waals surface area contributed by atoms with Gasteiger partial charge < -0.3 is 19.9 Å². The molecule has 0 atom stereocenters. The van der Waals surface area contributed by atoms with Gasteiger partial charge in [0.25, 0.3) is 0 Å². The lowest BCUT2D eigenvalue weighted by atomic mass is 10.2. The van der Waals surface area contributed by atoms with Gasteiger partial charge in [-0.3, -0.25) is 5.10 Å². The molecule has 0 aliphatic heterocycles. The van der Waals surface area contributed by atoms with E-state index in [2.05, 4.69) is 20.5 Å². The number of aromatic amines is 1. The topological polar surface area (TPSA) is 92.3 Å². The van der Waals surface area contributed by atoms with Crippen molar-refractivity contribution in [3.05, 3.63) is 29.8 Å². The van der Waals surface area contributed by atoms with Gasteiger partial charge in [-0.1, -0.05) is 0 Å². The zero-order valence-electron chi connectivity index (χ0n) is 11.5. The third kappa shape index (κ3) is 3.39. The number of nitrogens with one attached hydrogen (secondary N) is 2. The van der Waals surface area contributed by atoms with Crippen molar-refractivity contribution in [1.29, 1.82) is 0 Å². The number of hydrogen-bond acceptors (Lipinski definition) is 6. The summed E-state index contributed by atoms with van der Waals surface area (Å²) >= 11 is 0. The number of aromatic hydroxyl groups is 1. The summed E-state index contributed by atoms with van der Waals surface area (Å²) in [5.74, 6) is 1.66. The fraction of sp³-hybridized carbons (Fsp3) is 0.385. The lowest BCUT2D eigenvalue weighted by Crippen LogP contribution is -2.17. The highest BCUT2D eigenvalue weighted by Gasteiger charge is 2.10. The van der Waals surface area contributed by atoms with Crippen LogP contribution in [-0.2, 0) is 13.0 Å². The molecule has 20 heavy (non-hydrogen) atoms. The Morgan fingerprint density at radius 3 is 2.50 bits per heavy atom. The molecule has 1 aromatic heterocycles. The lowest BCUT2D eigenvalue weighted by Gasteiger charge is -2.11. The number of phenolic OH excluding ortho intramolecular Hbond substituents is 1. The fourth-order valence-corrected chi connectivity index (χ4v) is 1.84. The normalized spacial score (nSPS) is 10.5. The Balaban J connectivity index is 1.92. The van der Waals surface area contributed by atoms with Crippen LogP contribution in [0.1, 0.15) is 11.4 Å². The van der Waals surface area contributed by atoms with Crippen LogP contribution in [0.4, 0.5) is 0 Å². The van der Waals surface area contributed by atoms with Crippen LogP contribution in [0.25, 0.3) is 0 Å². The molecule has 0 fully saturated rings. The maximum Gasteiger partial charge on any atom is 0.200 e. The van der Waals surface area contributed by atoms with Crippen LogP contribution in [0.2, 0.25) is 0 Å². The molecule has 0 saturated heterocycles. The molecule has 1 heterocycles. The molecule has 1 aromatic carbocycles. The minimum Gasteiger partial charge on any atom is -0.502 e. The molecule has 3 N–H and O–H groups in total. The molecule has 0 amide bonds. The molecular weight excluding hydrogens is 260 g/mol. The number of ether oxygens (including phenoxy) is 2. The predicted octanol–water partition coefficient (Wildman–Crippen LogP) is 0.860. The smallest absolute Gasteiger partial charge is 0.200 e. The number of methoxy groups -OCH3 is 2. The van der Waals surface area contributed by atoms with Crippen molar-refractivity contribution in [3.63, 3.8) is 0 Å². The molecule has 0 saturated carbocycles. The van der Waals surface area contributed by atoms with Gasteiger partial charge in [0.2, 0.25) is 5.75 Å². The Morgan fingerprint density at radius 2 is 1.95 bits per heavy atom. The second-order valence-electron chi connectivity index (χ2n) is 4.21. The van der Waals surface area contributed by atoms with E-state index < -0.39 is 0 Å². The van der Waals surface area contributed by atoms with Crippen molar-refractivity contribution >= 4 is 0 Å². The molecule has 0 radical (unpaired) electrons. The highest BCUT2D eigenvalue weighted by Crippen LogP contribution is 2.36.